The molecule has 0 aliphatic heterocycles. The number of thiophene rings is 1. The number of H-pyrrole nitrogens is 1. The van der Waals surface area contributed by atoms with Gasteiger partial charge in [0.1, 0.15) is 0 Å². The molecule has 7 heteroatoms. The average Bonchev–Trinajstić information content (AvgIpc) is 2.77. The molecule has 0 aliphatic rings. The first-order valence-corrected chi connectivity index (χ1v) is 7.42. The van der Waals surface area contributed by atoms with E-state index in [-0.39, 0.29) is 5.69 Å². The number of hydrogen-bond acceptors (Lipinski definition) is 4. The Kier molecular flexibility index (Phi) is 4.73. The predicted molar refractivity (Wildman–Crippen MR) is 79.8 cm³/mol. The third-order valence-corrected chi connectivity index (χ3v) is 4.16. The highest BCUT2D eigenvalue weighted by Crippen LogP contribution is 2.14. The highest BCUT2D eigenvalue weighted by molar-refractivity contribution is 9.10. The third kappa shape index (κ3) is 3.89. The fraction of sp³-hybridized carbons (Fsp3) is 0.333. The van der Waals surface area contributed by atoms with Crippen molar-refractivity contribution in [3.63, 3.8) is 0 Å². The summed E-state index contributed by atoms with van der Waals surface area (Å²) in [7, 11) is 0. The first kappa shape index (κ1) is 14.2. The van der Waals surface area contributed by atoms with Crippen molar-refractivity contribution >= 4 is 27.3 Å². The molecule has 2 heterocycles. The van der Waals surface area contributed by atoms with Crippen LogP contribution < -0.4 is 16.6 Å². The van der Waals surface area contributed by atoms with Gasteiger partial charge in [0, 0.05) is 35.6 Å². The van der Waals surface area contributed by atoms with Crippen molar-refractivity contribution in [2.24, 2.45) is 0 Å². The molecule has 102 valence electrons. The summed E-state index contributed by atoms with van der Waals surface area (Å²) < 4.78 is 1.83. The summed E-state index contributed by atoms with van der Waals surface area (Å²) in [5, 5.41) is 3.27. The van der Waals surface area contributed by atoms with Gasteiger partial charge in [0.15, 0.2) is 0 Å². The molecular weight excluding hydrogens is 330 g/mol. The largest absolute Gasteiger partial charge is 0.328 e. The van der Waals surface area contributed by atoms with Gasteiger partial charge in [-0.25, -0.2) is 4.79 Å². The molecule has 2 aromatic heterocycles. The van der Waals surface area contributed by atoms with Crippen LogP contribution in [0.3, 0.4) is 0 Å². The molecule has 0 amide bonds. The number of aryl methyl sites for hydroxylation is 1. The van der Waals surface area contributed by atoms with E-state index in [4.69, 9.17) is 0 Å². The number of nitrogens with one attached hydrogen (secondary N) is 2. The van der Waals surface area contributed by atoms with Gasteiger partial charge < -0.3 is 5.32 Å². The van der Waals surface area contributed by atoms with Crippen LogP contribution >= 0.6 is 27.3 Å². The third-order valence-electron chi connectivity index (χ3n) is 2.59. The first-order chi connectivity index (χ1) is 9.06. The molecule has 0 spiro atoms. The lowest BCUT2D eigenvalue weighted by Gasteiger charge is -2.06. The smallest absolute Gasteiger partial charge is 0.310 e. The number of nitrogens with zero attached hydrogens (tertiary/aromatic N) is 1. The van der Waals surface area contributed by atoms with E-state index >= 15 is 0 Å². The van der Waals surface area contributed by atoms with Crippen LogP contribution in [0, 0.1) is 6.92 Å². The molecular formula is C12H14BrN3O2S. The first-order valence-electron chi connectivity index (χ1n) is 5.81. The number of aromatic amines is 1. The Morgan fingerprint density at radius 1 is 1.42 bits per heavy atom. The normalized spacial score (nSPS) is 10.8. The Balaban J connectivity index is 1.88. The quantitative estimate of drug-likeness (QED) is 0.807. The molecule has 19 heavy (non-hydrogen) atoms. The summed E-state index contributed by atoms with van der Waals surface area (Å²) >= 11 is 4.86. The molecule has 2 aromatic rings. The van der Waals surface area contributed by atoms with Crippen molar-refractivity contribution in [3.05, 3.63) is 53.4 Å². The second-order valence-corrected chi connectivity index (χ2v) is 6.35. The maximum absolute atomic E-state index is 11.5. The van der Waals surface area contributed by atoms with Gasteiger partial charge in [-0.15, -0.1) is 11.3 Å². The summed E-state index contributed by atoms with van der Waals surface area (Å²) in [6.07, 6.45) is 1.51. The van der Waals surface area contributed by atoms with Crippen LogP contribution in [0.1, 0.15) is 9.75 Å². The Morgan fingerprint density at radius 3 is 2.89 bits per heavy atom. The van der Waals surface area contributed by atoms with Crippen molar-refractivity contribution in [3.8, 4) is 0 Å². The SMILES string of the molecule is Cc1ccc(CNCCn2cc(Br)c(=O)[nH]c2=O)s1. The second kappa shape index (κ2) is 6.31. The summed E-state index contributed by atoms with van der Waals surface area (Å²) in [5.74, 6) is 0. The van der Waals surface area contributed by atoms with Crippen molar-refractivity contribution in [1.29, 1.82) is 0 Å². The molecule has 0 atom stereocenters. The van der Waals surface area contributed by atoms with Gasteiger partial charge in [-0.05, 0) is 35.0 Å². The van der Waals surface area contributed by atoms with Gasteiger partial charge in [0.05, 0.1) is 4.47 Å². The summed E-state index contributed by atoms with van der Waals surface area (Å²) in [4.78, 5) is 27.5. The summed E-state index contributed by atoms with van der Waals surface area (Å²) in [6, 6.07) is 4.18. The fourth-order valence-electron chi connectivity index (χ4n) is 1.64. The van der Waals surface area contributed by atoms with E-state index in [1.807, 2.05) is 0 Å². The molecule has 2 N–H and O–H groups in total. The molecule has 0 radical (unpaired) electrons. The molecule has 0 aliphatic carbocycles. The van der Waals surface area contributed by atoms with Crippen molar-refractivity contribution in [2.75, 3.05) is 6.54 Å². The van der Waals surface area contributed by atoms with Crippen LogP contribution in [-0.2, 0) is 13.1 Å². The van der Waals surface area contributed by atoms with Gasteiger partial charge in [0.2, 0.25) is 0 Å². The molecule has 0 fully saturated rings. The lowest BCUT2D eigenvalue weighted by molar-refractivity contribution is 0.575. The Bertz CT molecular complexity index is 674. The Hall–Kier alpha value is -1.18. The molecule has 5 nitrogen and oxygen atoms in total. The Labute approximate surface area is 122 Å². The van der Waals surface area contributed by atoms with Crippen molar-refractivity contribution < 1.29 is 0 Å². The van der Waals surface area contributed by atoms with Crippen molar-refractivity contribution in [1.82, 2.24) is 14.9 Å². The van der Waals surface area contributed by atoms with E-state index in [9.17, 15) is 9.59 Å². The van der Waals surface area contributed by atoms with Gasteiger partial charge in [0.25, 0.3) is 5.56 Å². The van der Waals surface area contributed by atoms with Gasteiger partial charge in [-0.2, -0.15) is 0 Å². The van der Waals surface area contributed by atoms with Crippen LogP contribution in [0.4, 0.5) is 0 Å². The molecule has 0 saturated heterocycles. The van der Waals surface area contributed by atoms with Crippen LogP contribution in [0.25, 0.3) is 0 Å². The lowest BCUT2D eigenvalue weighted by Crippen LogP contribution is -2.32. The lowest BCUT2D eigenvalue weighted by atomic mass is 10.4. The second-order valence-electron chi connectivity index (χ2n) is 4.12. The minimum absolute atomic E-state index is 0.362. The highest BCUT2D eigenvalue weighted by atomic mass is 79.9. The number of halogens is 1. The van der Waals surface area contributed by atoms with E-state index in [1.165, 1.54) is 20.5 Å². The maximum atomic E-state index is 11.5. The van der Waals surface area contributed by atoms with Crippen LogP contribution in [0.5, 0.6) is 0 Å². The van der Waals surface area contributed by atoms with Crippen LogP contribution in [-0.4, -0.2) is 16.1 Å². The Morgan fingerprint density at radius 2 is 2.21 bits per heavy atom. The van der Waals surface area contributed by atoms with E-state index in [0.29, 0.717) is 17.6 Å². The summed E-state index contributed by atoms with van der Waals surface area (Å²) in [6.45, 7) is 4.04. The van der Waals surface area contributed by atoms with Crippen molar-refractivity contribution in [2.45, 2.75) is 20.0 Å². The minimum Gasteiger partial charge on any atom is -0.310 e. The zero-order valence-electron chi connectivity index (χ0n) is 10.4. The number of aromatic nitrogens is 2. The number of rotatable bonds is 5. The average molecular weight is 344 g/mol. The van der Waals surface area contributed by atoms with Crippen LogP contribution in [0.15, 0.2) is 32.4 Å². The van der Waals surface area contributed by atoms with Crippen LogP contribution in [0.2, 0.25) is 0 Å². The highest BCUT2D eigenvalue weighted by Gasteiger charge is 2.01. The predicted octanol–water partition coefficient (Wildman–Crippen LogP) is 1.46. The molecule has 2 rings (SSSR count). The van der Waals surface area contributed by atoms with E-state index in [1.54, 1.807) is 11.3 Å². The topological polar surface area (TPSA) is 66.9 Å². The van der Waals surface area contributed by atoms with Gasteiger partial charge in [-0.1, -0.05) is 0 Å². The van der Waals surface area contributed by atoms with E-state index in [2.05, 4.69) is 45.3 Å². The zero-order valence-corrected chi connectivity index (χ0v) is 12.8. The van der Waals surface area contributed by atoms with E-state index < -0.39 is 5.56 Å². The minimum atomic E-state index is -0.400. The fourth-order valence-corrected chi connectivity index (χ4v) is 2.85. The number of hydrogen-bond donors (Lipinski definition) is 2. The zero-order chi connectivity index (χ0) is 13.8. The molecule has 0 bridgehead atoms. The summed E-state index contributed by atoms with van der Waals surface area (Å²) in [5.41, 5.74) is -0.787. The standard InChI is InChI=1S/C12H14BrN3O2S/c1-8-2-3-9(19-8)6-14-4-5-16-7-10(13)11(17)15-12(16)18/h2-3,7,14H,4-6H2,1H3,(H,15,17,18). The maximum Gasteiger partial charge on any atom is 0.328 e. The molecule has 0 unspecified atom stereocenters. The van der Waals surface area contributed by atoms with Gasteiger partial charge in [-0.3, -0.25) is 14.3 Å². The van der Waals surface area contributed by atoms with E-state index in [0.717, 1.165) is 6.54 Å². The monoisotopic (exact) mass is 343 g/mol. The molecule has 0 saturated carbocycles. The van der Waals surface area contributed by atoms with Gasteiger partial charge >= 0.3 is 5.69 Å². The molecule has 0 aromatic carbocycles.